The van der Waals surface area contributed by atoms with Gasteiger partial charge in [-0.25, -0.2) is 0 Å². The molecule has 10 atom stereocenters. The monoisotopic (exact) mass is 592 g/mol. The van der Waals surface area contributed by atoms with Gasteiger partial charge in [0.2, 0.25) is 11.7 Å². The second kappa shape index (κ2) is 12.1. The fourth-order valence-electron chi connectivity index (χ4n) is 4.87. The van der Waals surface area contributed by atoms with E-state index in [-0.39, 0.29) is 22.3 Å². The molecule has 2 aromatic carbocycles. The van der Waals surface area contributed by atoms with Gasteiger partial charge in [0.1, 0.15) is 77.2 Å². The highest BCUT2D eigenvalue weighted by atomic mass is 16.7. The van der Waals surface area contributed by atoms with Gasteiger partial charge < -0.3 is 63.8 Å². The standard InChI is InChI=1S/C28H32O14/c1-11-20(30)23(33)25(35)27(40-11)39-10-18-22(32)24(34)26(36)28(42-18)41-14-7-16(29)19-17(8-14)38-9-15(21(19)31)12-3-5-13(37-2)6-4-12/h3-9,11,18,20,22-30,32-36H,10H2,1-2H3/t11-,18+,20-,22+,23+,24-,25+,26+,27+,28+/m0/s1. The van der Waals surface area contributed by atoms with Crippen LogP contribution in [-0.4, -0.2) is 111 Å². The van der Waals surface area contributed by atoms with Gasteiger partial charge >= 0.3 is 0 Å². The van der Waals surface area contributed by atoms with E-state index in [4.69, 9.17) is 28.1 Å². The lowest BCUT2D eigenvalue weighted by Gasteiger charge is -2.42. The lowest BCUT2D eigenvalue weighted by atomic mass is 9.98. The average Bonchev–Trinajstić information content (AvgIpc) is 2.98. The minimum absolute atomic E-state index is 0.0312. The molecule has 14 nitrogen and oxygen atoms in total. The Kier molecular flexibility index (Phi) is 8.71. The van der Waals surface area contributed by atoms with Crippen molar-refractivity contribution < 1.29 is 63.8 Å². The van der Waals surface area contributed by atoms with Crippen molar-refractivity contribution in [2.24, 2.45) is 0 Å². The van der Waals surface area contributed by atoms with Gasteiger partial charge in [-0.2, -0.15) is 0 Å². The quantitative estimate of drug-likeness (QED) is 0.179. The molecular weight excluding hydrogens is 560 g/mol. The molecule has 42 heavy (non-hydrogen) atoms. The number of phenolic OH excluding ortho intramolecular Hbond substituents is 1. The van der Waals surface area contributed by atoms with Gasteiger partial charge in [0.05, 0.1) is 25.4 Å². The molecule has 0 saturated carbocycles. The predicted molar refractivity (Wildman–Crippen MR) is 142 cm³/mol. The van der Waals surface area contributed by atoms with E-state index in [1.807, 2.05) is 0 Å². The SMILES string of the molecule is COc1ccc(-c2coc3cc(O[C@@H]4O[C@H](CO[C@@H]5O[C@@H](C)[C@H](O)[C@@H](O)[C@H]5O)[C@@H](O)[C@H](O)[C@H]4O)cc(O)c3c2=O)cc1. The summed E-state index contributed by atoms with van der Waals surface area (Å²) in [6, 6.07) is 9.07. The van der Waals surface area contributed by atoms with Crippen molar-refractivity contribution in [2.75, 3.05) is 13.7 Å². The van der Waals surface area contributed by atoms with Crippen LogP contribution in [0.2, 0.25) is 0 Å². The molecule has 0 radical (unpaired) electrons. The first-order valence-corrected chi connectivity index (χ1v) is 13.1. The summed E-state index contributed by atoms with van der Waals surface area (Å²) < 4.78 is 32.8. The summed E-state index contributed by atoms with van der Waals surface area (Å²) in [6.45, 7) is 0.987. The lowest BCUT2D eigenvalue weighted by Crippen LogP contribution is -2.61. The van der Waals surface area contributed by atoms with Crippen LogP contribution in [0.1, 0.15) is 6.92 Å². The molecule has 0 spiro atoms. The Hall–Kier alpha value is -3.31. The fourth-order valence-corrected chi connectivity index (χ4v) is 4.87. The highest BCUT2D eigenvalue weighted by Gasteiger charge is 2.47. The summed E-state index contributed by atoms with van der Waals surface area (Å²) in [5.74, 6) is 0.0283. The van der Waals surface area contributed by atoms with Crippen LogP contribution in [0.3, 0.4) is 0 Å². The molecule has 2 aliphatic heterocycles. The Morgan fingerprint density at radius 1 is 0.810 bits per heavy atom. The molecule has 2 fully saturated rings. The summed E-state index contributed by atoms with van der Waals surface area (Å²) in [5.41, 5.74) is 0.200. The number of benzene rings is 2. The smallest absolute Gasteiger partial charge is 0.229 e. The van der Waals surface area contributed by atoms with Crippen LogP contribution in [0, 0.1) is 0 Å². The zero-order valence-corrected chi connectivity index (χ0v) is 22.5. The van der Waals surface area contributed by atoms with Crippen LogP contribution in [0.5, 0.6) is 17.2 Å². The first-order chi connectivity index (χ1) is 20.0. The molecule has 5 rings (SSSR count). The van der Waals surface area contributed by atoms with Crippen molar-refractivity contribution in [3.63, 3.8) is 0 Å². The van der Waals surface area contributed by atoms with E-state index in [2.05, 4.69) is 0 Å². The van der Waals surface area contributed by atoms with Crippen molar-refractivity contribution in [3.8, 4) is 28.4 Å². The topological polar surface area (TPSA) is 218 Å². The molecule has 1 aromatic heterocycles. The molecule has 3 heterocycles. The Morgan fingerprint density at radius 3 is 2.17 bits per heavy atom. The minimum atomic E-state index is -1.75. The number of aliphatic hydroxyl groups is 6. The van der Waals surface area contributed by atoms with Crippen LogP contribution in [-0.2, 0) is 14.2 Å². The van der Waals surface area contributed by atoms with Gasteiger partial charge in [-0.05, 0) is 24.6 Å². The van der Waals surface area contributed by atoms with E-state index in [1.165, 1.54) is 26.4 Å². The maximum atomic E-state index is 13.2. The van der Waals surface area contributed by atoms with Crippen molar-refractivity contribution >= 4 is 11.0 Å². The first kappa shape index (κ1) is 30.2. The Bertz CT molecular complexity index is 1440. The van der Waals surface area contributed by atoms with Gasteiger partial charge in [0.25, 0.3) is 0 Å². The zero-order valence-electron chi connectivity index (χ0n) is 22.5. The summed E-state index contributed by atoms with van der Waals surface area (Å²) in [4.78, 5) is 13.2. The second-order valence-corrected chi connectivity index (χ2v) is 10.2. The maximum Gasteiger partial charge on any atom is 0.229 e. The molecule has 228 valence electrons. The Labute approximate surface area is 238 Å². The van der Waals surface area contributed by atoms with Gasteiger partial charge in [0.15, 0.2) is 6.29 Å². The van der Waals surface area contributed by atoms with Crippen LogP contribution >= 0.6 is 0 Å². The van der Waals surface area contributed by atoms with E-state index in [0.29, 0.717) is 11.3 Å². The first-order valence-electron chi connectivity index (χ1n) is 13.1. The lowest BCUT2D eigenvalue weighted by molar-refractivity contribution is -0.318. The third-order valence-corrected chi connectivity index (χ3v) is 7.39. The number of phenols is 1. The highest BCUT2D eigenvalue weighted by Crippen LogP contribution is 2.33. The molecule has 0 unspecified atom stereocenters. The highest BCUT2D eigenvalue weighted by molar-refractivity contribution is 5.88. The molecule has 2 saturated heterocycles. The normalized spacial score (nSPS) is 33.4. The average molecular weight is 593 g/mol. The van der Waals surface area contributed by atoms with Crippen LogP contribution in [0.15, 0.2) is 51.9 Å². The molecule has 14 heteroatoms. The van der Waals surface area contributed by atoms with Gasteiger partial charge in [-0.3, -0.25) is 4.79 Å². The second-order valence-electron chi connectivity index (χ2n) is 10.2. The zero-order chi connectivity index (χ0) is 30.3. The minimum Gasteiger partial charge on any atom is -0.507 e. The number of ether oxygens (including phenoxy) is 5. The summed E-state index contributed by atoms with van der Waals surface area (Å²) in [6.07, 6.45) is -13.6. The maximum absolute atomic E-state index is 13.2. The van der Waals surface area contributed by atoms with Crippen molar-refractivity contribution in [1.29, 1.82) is 0 Å². The number of methoxy groups -OCH3 is 1. The van der Waals surface area contributed by atoms with Gasteiger partial charge in [-0.15, -0.1) is 0 Å². The molecule has 2 aliphatic rings. The molecular formula is C28H32O14. The summed E-state index contributed by atoms with van der Waals surface area (Å²) in [5, 5.41) is 71.9. The Morgan fingerprint density at radius 2 is 1.48 bits per heavy atom. The summed E-state index contributed by atoms with van der Waals surface area (Å²) >= 11 is 0. The van der Waals surface area contributed by atoms with Gasteiger partial charge in [0, 0.05) is 12.1 Å². The Balaban J connectivity index is 1.33. The molecule has 0 amide bonds. The number of aliphatic hydroxyl groups excluding tert-OH is 6. The largest absolute Gasteiger partial charge is 0.507 e. The van der Waals surface area contributed by atoms with Crippen molar-refractivity contribution in [1.82, 2.24) is 0 Å². The molecule has 0 bridgehead atoms. The third-order valence-electron chi connectivity index (χ3n) is 7.39. The number of hydrogen-bond acceptors (Lipinski definition) is 14. The molecule has 0 aliphatic carbocycles. The number of fused-ring (bicyclic) bond motifs is 1. The fraction of sp³-hybridized carbons (Fsp3) is 0.464. The third kappa shape index (κ3) is 5.68. The number of aromatic hydroxyl groups is 1. The van der Waals surface area contributed by atoms with Crippen LogP contribution in [0.25, 0.3) is 22.1 Å². The van der Waals surface area contributed by atoms with Crippen LogP contribution in [0.4, 0.5) is 0 Å². The van der Waals surface area contributed by atoms with E-state index in [0.717, 1.165) is 6.07 Å². The van der Waals surface area contributed by atoms with E-state index in [9.17, 15) is 40.5 Å². The number of rotatable bonds is 7. The van der Waals surface area contributed by atoms with E-state index < -0.39 is 79.2 Å². The molecule has 7 N–H and O–H groups in total. The predicted octanol–water partition coefficient (Wildman–Crippen LogP) is -0.795. The number of hydrogen-bond donors (Lipinski definition) is 7. The van der Waals surface area contributed by atoms with Gasteiger partial charge in [-0.1, -0.05) is 12.1 Å². The van der Waals surface area contributed by atoms with Crippen molar-refractivity contribution in [3.05, 3.63) is 52.9 Å². The van der Waals surface area contributed by atoms with E-state index >= 15 is 0 Å². The molecule has 3 aromatic rings. The van der Waals surface area contributed by atoms with Crippen molar-refractivity contribution in [2.45, 2.75) is 68.3 Å². The van der Waals surface area contributed by atoms with E-state index in [1.54, 1.807) is 24.3 Å². The summed E-state index contributed by atoms with van der Waals surface area (Å²) in [7, 11) is 1.52. The van der Waals surface area contributed by atoms with Crippen LogP contribution < -0.4 is 14.9 Å².